The summed E-state index contributed by atoms with van der Waals surface area (Å²) < 4.78 is 26.2. The molecule has 6 heteroatoms. The first-order chi connectivity index (χ1) is 10.9. The molecule has 23 heavy (non-hydrogen) atoms. The van der Waals surface area contributed by atoms with E-state index in [-0.39, 0.29) is 24.0 Å². The lowest BCUT2D eigenvalue weighted by molar-refractivity contribution is -0.119. The summed E-state index contributed by atoms with van der Waals surface area (Å²) in [7, 11) is 0. The molecule has 0 bridgehead atoms. The maximum absolute atomic E-state index is 13.3. The zero-order valence-electron chi connectivity index (χ0n) is 13.5. The van der Waals surface area contributed by atoms with Crippen LogP contribution in [0.1, 0.15) is 51.2 Å². The van der Waals surface area contributed by atoms with Crippen LogP contribution in [0.25, 0.3) is 0 Å². The number of aliphatic hydroxyl groups excluding tert-OH is 1. The molecule has 1 amide bonds. The molecule has 0 spiro atoms. The monoisotopic (exact) mass is 326 g/mol. The van der Waals surface area contributed by atoms with Crippen molar-refractivity contribution in [1.82, 2.24) is 10.6 Å². The van der Waals surface area contributed by atoms with E-state index in [2.05, 4.69) is 10.6 Å². The van der Waals surface area contributed by atoms with Gasteiger partial charge in [0, 0.05) is 25.0 Å². The lowest BCUT2D eigenvalue weighted by Crippen LogP contribution is -2.45. The Labute approximate surface area is 135 Å². The minimum atomic E-state index is -0.954. The molecule has 0 heterocycles. The van der Waals surface area contributed by atoms with Crippen molar-refractivity contribution in [3.8, 4) is 0 Å². The highest BCUT2D eigenvalue weighted by molar-refractivity contribution is 5.73. The lowest BCUT2D eigenvalue weighted by atomic mass is 9.90. The second kappa shape index (κ2) is 7.84. The van der Waals surface area contributed by atoms with Gasteiger partial charge in [0.25, 0.3) is 0 Å². The molecular weight excluding hydrogens is 302 g/mol. The van der Waals surface area contributed by atoms with Crippen LogP contribution in [0.3, 0.4) is 0 Å². The van der Waals surface area contributed by atoms with Crippen molar-refractivity contribution in [2.45, 2.75) is 63.8 Å². The summed E-state index contributed by atoms with van der Waals surface area (Å²) in [5.41, 5.74) is 0.357. The molecule has 2 atom stereocenters. The largest absolute Gasteiger partial charge is 0.387 e. The van der Waals surface area contributed by atoms with Crippen LogP contribution in [0, 0.1) is 11.6 Å². The van der Waals surface area contributed by atoms with E-state index < -0.39 is 17.7 Å². The third kappa shape index (κ3) is 4.97. The van der Waals surface area contributed by atoms with E-state index >= 15 is 0 Å². The Balaban J connectivity index is 1.85. The molecule has 3 N–H and O–H groups in total. The summed E-state index contributed by atoms with van der Waals surface area (Å²) in [4.78, 5) is 11.1. The molecule has 1 saturated carbocycles. The van der Waals surface area contributed by atoms with Crippen molar-refractivity contribution in [2.75, 3.05) is 0 Å². The number of rotatable bonds is 5. The number of carbonyl (C=O) groups excluding carboxylic acids is 1. The predicted molar refractivity (Wildman–Crippen MR) is 83.8 cm³/mol. The minimum absolute atomic E-state index is 0.0106. The number of halogens is 2. The second-order valence-corrected chi connectivity index (χ2v) is 6.32. The number of aliphatic hydroxyl groups is 1. The maximum atomic E-state index is 13.3. The molecule has 0 saturated heterocycles. The molecule has 1 aliphatic carbocycles. The van der Waals surface area contributed by atoms with Crippen molar-refractivity contribution in [1.29, 1.82) is 0 Å². The second-order valence-electron chi connectivity index (χ2n) is 6.32. The van der Waals surface area contributed by atoms with Gasteiger partial charge in [0.05, 0.1) is 6.10 Å². The van der Waals surface area contributed by atoms with Gasteiger partial charge in [-0.25, -0.2) is 8.78 Å². The normalized spacial score (nSPS) is 24.0. The van der Waals surface area contributed by atoms with Gasteiger partial charge < -0.3 is 15.7 Å². The van der Waals surface area contributed by atoms with Crippen LogP contribution < -0.4 is 10.6 Å². The molecule has 1 fully saturated rings. The van der Waals surface area contributed by atoms with E-state index in [4.69, 9.17) is 0 Å². The van der Waals surface area contributed by atoms with E-state index in [0.717, 1.165) is 37.8 Å². The van der Waals surface area contributed by atoms with E-state index in [1.54, 1.807) is 0 Å². The van der Waals surface area contributed by atoms with Crippen molar-refractivity contribution in [3.05, 3.63) is 35.4 Å². The van der Waals surface area contributed by atoms with E-state index in [0.29, 0.717) is 5.56 Å². The van der Waals surface area contributed by atoms with Gasteiger partial charge >= 0.3 is 0 Å². The molecule has 0 aromatic heterocycles. The SMILES string of the molecule is CC(=O)NC1CCC(N[C@@H](C)[C@@H](O)c2ccc(F)c(F)c2)CC1. The summed E-state index contributed by atoms with van der Waals surface area (Å²) >= 11 is 0. The predicted octanol–water partition coefficient (Wildman–Crippen LogP) is 2.42. The van der Waals surface area contributed by atoms with Gasteiger partial charge in [-0.3, -0.25) is 4.79 Å². The van der Waals surface area contributed by atoms with Crippen molar-refractivity contribution in [2.24, 2.45) is 0 Å². The molecule has 1 aromatic carbocycles. The first-order valence-electron chi connectivity index (χ1n) is 8.03. The van der Waals surface area contributed by atoms with Crippen LogP contribution in [0.2, 0.25) is 0 Å². The molecular formula is C17H24F2N2O2. The summed E-state index contributed by atoms with van der Waals surface area (Å²) in [6.07, 6.45) is 2.69. The number of benzene rings is 1. The number of amides is 1. The number of carbonyl (C=O) groups is 1. The van der Waals surface area contributed by atoms with Crippen molar-refractivity contribution >= 4 is 5.91 Å². The molecule has 128 valence electrons. The van der Waals surface area contributed by atoms with E-state index in [1.165, 1.54) is 13.0 Å². The Kier molecular flexibility index (Phi) is 6.07. The Bertz CT molecular complexity index is 545. The molecule has 1 aromatic rings. The van der Waals surface area contributed by atoms with Gasteiger partial charge in [-0.05, 0) is 50.3 Å². The fourth-order valence-corrected chi connectivity index (χ4v) is 3.14. The Morgan fingerprint density at radius 2 is 1.78 bits per heavy atom. The summed E-state index contributed by atoms with van der Waals surface area (Å²) in [6, 6.07) is 3.65. The standard InChI is InChI=1S/C17H24F2N2O2/c1-10(17(23)12-3-8-15(18)16(19)9-12)20-13-4-6-14(7-5-13)21-11(2)22/h3,8-10,13-14,17,20,23H,4-7H2,1-2H3,(H,21,22)/t10-,13?,14?,17+/m0/s1. The molecule has 0 radical (unpaired) electrons. The van der Waals surface area contributed by atoms with Crippen LogP contribution in [0.5, 0.6) is 0 Å². The van der Waals surface area contributed by atoms with Crippen LogP contribution in [-0.2, 0) is 4.79 Å². The average Bonchev–Trinajstić information content (AvgIpc) is 2.50. The Hall–Kier alpha value is -1.53. The Morgan fingerprint density at radius 1 is 1.17 bits per heavy atom. The van der Waals surface area contributed by atoms with Gasteiger partial charge in [0.1, 0.15) is 0 Å². The third-order valence-corrected chi connectivity index (χ3v) is 4.39. The Morgan fingerprint density at radius 3 is 2.35 bits per heavy atom. The molecule has 0 aliphatic heterocycles. The fourth-order valence-electron chi connectivity index (χ4n) is 3.14. The van der Waals surface area contributed by atoms with Gasteiger partial charge in [-0.2, -0.15) is 0 Å². The molecule has 1 aliphatic rings. The topological polar surface area (TPSA) is 61.4 Å². The number of hydrogen-bond donors (Lipinski definition) is 3. The molecule has 4 nitrogen and oxygen atoms in total. The number of nitrogens with one attached hydrogen (secondary N) is 2. The zero-order valence-corrected chi connectivity index (χ0v) is 13.5. The van der Waals surface area contributed by atoms with Gasteiger partial charge in [-0.15, -0.1) is 0 Å². The van der Waals surface area contributed by atoms with Gasteiger partial charge in [0.2, 0.25) is 5.91 Å². The van der Waals surface area contributed by atoms with Crippen LogP contribution >= 0.6 is 0 Å². The summed E-state index contributed by atoms with van der Waals surface area (Å²) in [6.45, 7) is 3.34. The average molecular weight is 326 g/mol. The minimum Gasteiger partial charge on any atom is -0.387 e. The first-order valence-corrected chi connectivity index (χ1v) is 8.03. The van der Waals surface area contributed by atoms with Crippen LogP contribution in [-0.4, -0.2) is 29.1 Å². The zero-order chi connectivity index (χ0) is 17.0. The number of hydrogen-bond acceptors (Lipinski definition) is 3. The molecule has 0 unspecified atom stereocenters. The fraction of sp³-hybridized carbons (Fsp3) is 0.588. The van der Waals surface area contributed by atoms with Crippen LogP contribution in [0.15, 0.2) is 18.2 Å². The first kappa shape index (κ1) is 17.8. The third-order valence-electron chi connectivity index (χ3n) is 4.39. The highest BCUT2D eigenvalue weighted by atomic mass is 19.2. The highest BCUT2D eigenvalue weighted by Gasteiger charge is 2.25. The van der Waals surface area contributed by atoms with Crippen molar-refractivity contribution in [3.63, 3.8) is 0 Å². The van der Waals surface area contributed by atoms with Gasteiger partial charge in [-0.1, -0.05) is 6.07 Å². The smallest absolute Gasteiger partial charge is 0.217 e. The lowest BCUT2D eigenvalue weighted by Gasteiger charge is -2.33. The van der Waals surface area contributed by atoms with Crippen LogP contribution in [0.4, 0.5) is 8.78 Å². The van der Waals surface area contributed by atoms with E-state index in [1.807, 2.05) is 6.92 Å². The summed E-state index contributed by atoms with van der Waals surface area (Å²) in [5, 5.41) is 16.6. The van der Waals surface area contributed by atoms with Gasteiger partial charge in [0.15, 0.2) is 11.6 Å². The van der Waals surface area contributed by atoms with E-state index in [9.17, 15) is 18.7 Å². The molecule has 2 rings (SSSR count). The maximum Gasteiger partial charge on any atom is 0.217 e. The summed E-state index contributed by atoms with van der Waals surface area (Å²) in [5.74, 6) is -1.88. The quantitative estimate of drug-likeness (QED) is 0.779. The van der Waals surface area contributed by atoms with Crippen molar-refractivity contribution < 1.29 is 18.7 Å². The highest BCUT2D eigenvalue weighted by Crippen LogP contribution is 2.23.